The van der Waals surface area contributed by atoms with Crippen molar-refractivity contribution >= 4 is 36.4 Å². The van der Waals surface area contributed by atoms with Gasteiger partial charge in [0.25, 0.3) is 5.91 Å². The first-order valence-electron chi connectivity index (χ1n) is 7.62. The van der Waals surface area contributed by atoms with Crippen LogP contribution in [0, 0.1) is 6.92 Å². The Morgan fingerprint density at radius 3 is 2.75 bits per heavy atom. The van der Waals surface area contributed by atoms with E-state index in [2.05, 4.69) is 15.6 Å². The minimum Gasteiger partial charge on any atom is -0.368 e. The number of hydrogen-bond acceptors (Lipinski definition) is 4. The van der Waals surface area contributed by atoms with Gasteiger partial charge in [0.2, 0.25) is 0 Å². The van der Waals surface area contributed by atoms with Gasteiger partial charge < -0.3 is 19.8 Å². The van der Waals surface area contributed by atoms with E-state index in [1.54, 1.807) is 7.11 Å². The number of nitrogens with zero attached hydrogens (tertiary/aromatic N) is 2. The highest BCUT2D eigenvalue weighted by Crippen LogP contribution is 2.22. The van der Waals surface area contributed by atoms with E-state index in [1.165, 1.54) is 0 Å². The molecule has 0 atom stereocenters. The van der Waals surface area contributed by atoms with Crippen molar-refractivity contribution in [3.63, 3.8) is 0 Å². The number of ether oxygens (including phenoxy) is 1. The summed E-state index contributed by atoms with van der Waals surface area (Å²) in [5, 5.41) is 6.22. The van der Waals surface area contributed by atoms with E-state index in [4.69, 9.17) is 4.74 Å². The van der Waals surface area contributed by atoms with Crippen molar-refractivity contribution in [2.24, 2.45) is 0 Å². The van der Waals surface area contributed by atoms with Gasteiger partial charge in [-0.3, -0.25) is 4.79 Å². The van der Waals surface area contributed by atoms with E-state index in [1.807, 2.05) is 35.9 Å². The van der Waals surface area contributed by atoms with Crippen LogP contribution in [-0.2, 0) is 16.1 Å². The van der Waals surface area contributed by atoms with Gasteiger partial charge in [-0.25, -0.2) is 4.98 Å². The number of carbonyl (C=O) groups excluding carboxylic acids is 1. The Kier molecular flexibility index (Phi) is 7.48. The summed E-state index contributed by atoms with van der Waals surface area (Å²) in [5.41, 5.74) is 2.19. The number of fused-ring (bicyclic) bond motifs is 1. The van der Waals surface area contributed by atoms with Crippen LogP contribution in [0.25, 0.3) is 5.65 Å². The van der Waals surface area contributed by atoms with E-state index in [-0.39, 0.29) is 30.7 Å². The second-order valence-electron chi connectivity index (χ2n) is 5.79. The number of methoxy groups -OCH3 is 1. The van der Waals surface area contributed by atoms with Gasteiger partial charge >= 0.3 is 0 Å². The smallest absolute Gasteiger partial charge is 0.252 e. The number of piperidine rings is 1. The molecule has 0 radical (unpaired) electrons. The third-order valence-corrected chi connectivity index (χ3v) is 4.37. The van der Waals surface area contributed by atoms with Gasteiger partial charge in [-0.2, -0.15) is 0 Å². The van der Waals surface area contributed by atoms with Crippen molar-refractivity contribution in [2.75, 3.05) is 20.2 Å². The van der Waals surface area contributed by atoms with Crippen LogP contribution < -0.4 is 10.6 Å². The monoisotopic (exact) mass is 374 g/mol. The molecule has 0 unspecified atom stereocenters. The molecule has 3 heterocycles. The van der Waals surface area contributed by atoms with E-state index in [9.17, 15) is 4.79 Å². The van der Waals surface area contributed by atoms with Gasteiger partial charge in [0.1, 0.15) is 11.2 Å². The fourth-order valence-corrected chi connectivity index (χ4v) is 2.98. The normalized spacial score (nSPS) is 16.1. The maximum Gasteiger partial charge on any atom is 0.252 e. The minimum atomic E-state index is -0.708. The highest BCUT2D eigenvalue weighted by Gasteiger charge is 2.39. The Morgan fingerprint density at radius 1 is 1.42 bits per heavy atom. The minimum absolute atomic E-state index is 0. The highest BCUT2D eigenvalue weighted by molar-refractivity contribution is 5.86. The molecule has 0 saturated carbocycles. The molecule has 0 aliphatic carbocycles. The molecule has 1 aliphatic heterocycles. The van der Waals surface area contributed by atoms with Crippen LogP contribution >= 0.6 is 24.8 Å². The Hall–Kier alpha value is -1.34. The van der Waals surface area contributed by atoms with Crippen LogP contribution in [0.1, 0.15) is 24.1 Å². The fourth-order valence-electron chi connectivity index (χ4n) is 2.98. The molecule has 8 heteroatoms. The lowest BCUT2D eigenvalue weighted by atomic mass is 9.91. The molecule has 24 heavy (non-hydrogen) atoms. The molecule has 3 rings (SSSR count). The van der Waals surface area contributed by atoms with Crippen molar-refractivity contribution in [2.45, 2.75) is 31.9 Å². The Bertz CT molecular complexity index is 684. The molecule has 1 fully saturated rings. The summed E-state index contributed by atoms with van der Waals surface area (Å²) in [6.45, 7) is 4.04. The average Bonchev–Trinajstić information content (AvgIpc) is 2.98. The largest absolute Gasteiger partial charge is 0.368 e. The van der Waals surface area contributed by atoms with Crippen LogP contribution in [0.3, 0.4) is 0 Å². The van der Waals surface area contributed by atoms with E-state index in [0.717, 1.165) is 30.0 Å². The van der Waals surface area contributed by atoms with E-state index < -0.39 is 5.60 Å². The molecule has 2 aromatic rings. The molecule has 1 aliphatic rings. The number of nitrogens with one attached hydrogen (secondary N) is 2. The predicted molar refractivity (Wildman–Crippen MR) is 98.1 cm³/mol. The van der Waals surface area contributed by atoms with Crippen molar-refractivity contribution in [1.29, 1.82) is 0 Å². The molecule has 0 bridgehead atoms. The highest BCUT2D eigenvalue weighted by atomic mass is 35.5. The molecular weight excluding hydrogens is 351 g/mol. The second-order valence-corrected chi connectivity index (χ2v) is 5.79. The average molecular weight is 375 g/mol. The third kappa shape index (κ3) is 4.00. The van der Waals surface area contributed by atoms with Gasteiger partial charge in [0, 0.05) is 19.5 Å². The molecule has 2 N–H and O–H groups in total. The van der Waals surface area contributed by atoms with Gasteiger partial charge in [-0.05, 0) is 44.5 Å². The standard InChI is InChI=1S/C16H22N4O2.2ClH/c1-12-4-3-9-20-11-13(19-14(12)20)10-18-15(21)16(22-2)5-7-17-8-6-16;;/h3-4,9,11,17H,5-8,10H2,1-2H3,(H,18,21);2*1H. The number of imidazole rings is 1. The van der Waals surface area contributed by atoms with E-state index >= 15 is 0 Å². The van der Waals surface area contributed by atoms with Gasteiger partial charge in [-0.1, -0.05) is 6.07 Å². The summed E-state index contributed by atoms with van der Waals surface area (Å²) in [7, 11) is 1.61. The summed E-state index contributed by atoms with van der Waals surface area (Å²) in [5.74, 6) is -0.0507. The lowest BCUT2D eigenvalue weighted by Crippen LogP contribution is -2.53. The van der Waals surface area contributed by atoms with Crippen molar-refractivity contribution in [3.05, 3.63) is 35.8 Å². The van der Waals surface area contributed by atoms with Crippen molar-refractivity contribution < 1.29 is 9.53 Å². The number of aromatic nitrogens is 2. The molecule has 6 nitrogen and oxygen atoms in total. The molecule has 0 spiro atoms. The van der Waals surface area contributed by atoms with Crippen LogP contribution in [0.4, 0.5) is 0 Å². The SMILES string of the molecule is COC1(C(=O)NCc2cn3cccc(C)c3n2)CCNCC1.Cl.Cl. The fraction of sp³-hybridized carbons (Fsp3) is 0.500. The second kappa shape index (κ2) is 8.67. The number of hydrogen-bond donors (Lipinski definition) is 2. The Balaban J connectivity index is 0.00000144. The number of carbonyl (C=O) groups is 1. The lowest BCUT2D eigenvalue weighted by molar-refractivity contribution is -0.146. The maximum atomic E-state index is 12.5. The van der Waals surface area contributed by atoms with Crippen molar-refractivity contribution in [1.82, 2.24) is 20.0 Å². The molecule has 2 aromatic heterocycles. The number of amides is 1. The lowest BCUT2D eigenvalue weighted by Gasteiger charge is -2.34. The number of aryl methyl sites for hydroxylation is 1. The molecular formula is C16H24Cl2N4O2. The van der Waals surface area contributed by atoms with Gasteiger partial charge in [-0.15, -0.1) is 24.8 Å². The summed E-state index contributed by atoms with van der Waals surface area (Å²) in [4.78, 5) is 17.1. The van der Waals surface area contributed by atoms with E-state index in [0.29, 0.717) is 19.4 Å². The van der Waals surface area contributed by atoms with Crippen LogP contribution in [0.2, 0.25) is 0 Å². The quantitative estimate of drug-likeness (QED) is 0.856. The van der Waals surface area contributed by atoms with Crippen molar-refractivity contribution in [3.8, 4) is 0 Å². The summed E-state index contributed by atoms with van der Waals surface area (Å²) in [6.07, 6.45) is 5.30. The van der Waals surface area contributed by atoms with Crippen LogP contribution in [0.15, 0.2) is 24.5 Å². The maximum absolute atomic E-state index is 12.5. The first-order valence-corrected chi connectivity index (χ1v) is 7.62. The van der Waals surface area contributed by atoms with Crippen LogP contribution in [0.5, 0.6) is 0 Å². The molecule has 1 saturated heterocycles. The topological polar surface area (TPSA) is 67.7 Å². The number of pyridine rings is 1. The molecule has 134 valence electrons. The Labute approximate surface area is 154 Å². The van der Waals surface area contributed by atoms with Crippen LogP contribution in [-0.4, -0.2) is 41.1 Å². The number of rotatable bonds is 4. The van der Waals surface area contributed by atoms with Gasteiger partial charge in [0.05, 0.1) is 12.2 Å². The third-order valence-electron chi connectivity index (χ3n) is 4.37. The van der Waals surface area contributed by atoms with Gasteiger partial charge in [0.15, 0.2) is 0 Å². The first kappa shape index (κ1) is 20.7. The predicted octanol–water partition coefficient (Wildman–Crippen LogP) is 1.87. The summed E-state index contributed by atoms with van der Waals surface area (Å²) in [6, 6.07) is 4.01. The Morgan fingerprint density at radius 2 is 2.12 bits per heavy atom. The zero-order chi connectivity index (χ0) is 15.6. The zero-order valence-corrected chi connectivity index (χ0v) is 15.5. The first-order chi connectivity index (χ1) is 10.6. The zero-order valence-electron chi connectivity index (χ0n) is 13.9. The summed E-state index contributed by atoms with van der Waals surface area (Å²) < 4.78 is 7.51. The molecule has 1 amide bonds. The number of halogens is 2. The molecule has 0 aromatic carbocycles. The summed E-state index contributed by atoms with van der Waals surface area (Å²) >= 11 is 0.